The van der Waals surface area contributed by atoms with Gasteiger partial charge in [-0.3, -0.25) is 5.84 Å². The van der Waals surface area contributed by atoms with E-state index in [9.17, 15) is 13.2 Å². The van der Waals surface area contributed by atoms with Crippen molar-refractivity contribution in [2.45, 2.75) is 12.2 Å². The van der Waals surface area contributed by atoms with Crippen LogP contribution in [0.3, 0.4) is 0 Å². The second kappa shape index (κ2) is 4.16. The molecule has 0 aromatic heterocycles. The van der Waals surface area contributed by atoms with Crippen molar-refractivity contribution in [3.05, 3.63) is 34.9 Å². The molecule has 0 aliphatic rings. The van der Waals surface area contributed by atoms with Crippen molar-refractivity contribution >= 4 is 11.6 Å². The zero-order valence-electron chi connectivity index (χ0n) is 6.98. The predicted molar refractivity (Wildman–Crippen MR) is 47.6 cm³/mol. The van der Waals surface area contributed by atoms with Crippen LogP contribution in [-0.4, -0.2) is 6.18 Å². The fourth-order valence-electron chi connectivity index (χ4n) is 1.03. The van der Waals surface area contributed by atoms with Gasteiger partial charge in [0.2, 0.25) is 0 Å². The number of hydrogen-bond donors (Lipinski definition) is 2. The lowest BCUT2D eigenvalue weighted by Crippen LogP contribution is -2.38. The van der Waals surface area contributed by atoms with Gasteiger partial charge in [-0.25, -0.2) is 5.43 Å². The first-order valence-electron chi connectivity index (χ1n) is 3.73. The minimum Gasteiger partial charge on any atom is -0.271 e. The van der Waals surface area contributed by atoms with Crippen LogP contribution in [0.25, 0.3) is 0 Å². The van der Waals surface area contributed by atoms with Gasteiger partial charge < -0.3 is 0 Å². The normalized spacial score (nSPS) is 14.1. The third-order valence-electron chi connectivity index (χ3n) is 1.70. The van der Waals surface area contributed by atoms with Gasteiger partial charge in [-0.2, -0.15) is 13.2 Å². The van der Waals surface area contributed by atoms with Crippen molar-refractivity contribution in [1.29, 1.82) is 0 Å². The molecule has 0 spiro atoms. The Balaban J connectivity index is 2.96. The molecule has 1 aromatic rings. The Bertz CT molecular complexity index is 296. The highest BCUT2D eigenvalue weighted by atomic mass is 35.5. The van der Waals surface area contributed by atoms with E-state index in [-0.39, 0.29) is 5.56 Å². The Hall–Kier alpha value is -0.780. The Morgan fingerprint density at radius 3 is 2.07 bits per heavy atom. The second-order valence-corrected chi connectivity index (χ2v) is 3.13. The maximum atomic E-state index is 12.3. The standard InChI is InChI=1S/C8H8ClF3N2/c9-6-3-1-5(2-4-6)7(14-13)8(10,11)12/h1-4,7,14H,13H2/t7-/m1/s1. The van der Waals surface area contributed by atoms with Crippen molar-refractivity contribution in [2.75, 3.05) is 0 Å². The molecule has 0 bridgehead atoms. The Morgan fingerprint density at radius 2 is 1.71 bits per heavy atom. The van der Waals surface area contributed by atoms with Crippen LogP contribution in [0.1, 0.15) is 11.6 Å². The van der Waals surface area contributed by atoms with E-state index < -0.39 is 12.2 Å². The topological polar surface area (TPSA) is 38.0 Å². The number of nitrogens with two attached hydrogens (primary N) is 1. The van der Waals surface area contributed by atoms with E-state index in [1.54, 1.807) is 5.43 Å². The number of benzene rings is 1. The molecule has 1 aromatic carbocycles. The monoisotopic (exact) mass is 224 g/mol. The van der Waals surface area contributed by atoms with Crippen molar-refractivity contribution < 1.29 is 13.2 Å². The number of rotatable bonds is 2. The first kappa shape index (κ1) is 11.3. The van der Waals surface area contributed by atoms with Crippen molar-refractivity contribution in [2.24, 2.45) is 5.84 Å². The van der Waals surface area contributed by atoms with E-state index in [1.807, 2.05) is 0 Å². The highest BCUT2D eigenvalue weighted by Crippen LogP contribution is 2.32. The van der Waals surface area contributed by atoms with Crippen LogP contribution < -0.4 is 11.3 Å². The molecular weight excluding hydrogens is 217 g/mol. The number of alkyl halides is 3. The summed E-state index contributed by atoms with van der Waals surface area (Å²) in [7, 11) is 0. The summed E-state index contributed by atoms with van der Waals surface area (Å²) in [6.07, 6.45) is -4.41. The third-order valence-corrected chi connectivity index (χ3v) is 1.95. The van der Waals surface area contributed by atoms with E-state index in [0.717, 1.165) is 0 Å². The molecule has 0 amide bonds. The molecule has 3 N–H and O–H groups in total. The summed E-state index contributed by atoms with van der Waals surface area (Å²) in [5.41, 5.74) is 1.74. The molecule has 0 fully saturated rings. The molecular formula is C8H8ClF3N2. The zero-order valence-corrected chi connectivity index (χ0v) is 7.73. The van der Waals surface area contributed by atoms with Crippen LogP contribution in [-0.2, 0) is 0 Å². The lowest BCUT2D eigenvalue weighted by molar-refractivity contribution is -0.157. The average molecular weight is 225 g/mol. The molecule has 0 radical (unpaired) electrons. The summed E-state index contributed by atoms with van der Waals surface area (Å²) in [6, 6.07) is 3.46. The molecule has 1 rings (SSSR count). The summed E-state index contributed by atoms with van der Waals surface area (Å²) in [4.78, 5) is 0. The predicted octanol–water partition coefficient (Wildman–Crippen LogP) is 2.41. The highest BCUT2D eigenvalue weighted by molar-refractivity contribution is 6.30. The molecule has 1 atom stereocenters. The smallest absolute Gasteiger partial charge is 0.271 e. The van der Waals surface area contributed by atoms with Gasteiger partial charge in [0.15, 0.2) is 0 Å². The van der Waals surface area contributed by atoms with E-state index in [1.165, 1.54) is 24.3 Å². The maximum Gasteiger partial charge on any atom is 0.409 e. The largest absolute Gasteiger partial charge is 0.409 e. The summed E-state index contributed by atoms with van der Waals surface area (Å²) >= 11 is 5.54. The zero-order chi connectivity index (χ0) is 10.8. The van der Waals surface area contributed by atoms with Gasteiger partial charge in [-0.05, 0) is 17.7 Å². The fourth-order valence-corrected chi connectivity index (χ4v) is 1.16. The molecule has 0 aliphatic heterocycles. The maximum absolute atomic E-state index is 12.3. The van der Waals surface area contributed by atoms with E-state index >= 15 is 0 Å². The van der Waals surface area contributed by atoms with Crippen LogP contribution in [0, 0.1) is 0 Å². The third kappa shape index (κ3) is 2.60. The second-order valence-electron chi connectivity index (χ2n) is 2.69. The van der Waals surface area contributed by atoms with Crippen LogP contribution in [0.5, 0.6) is 0 Å². The lowest BCUT2D eigenvalue weighted by atomic mass is 10.1. The average Bonchev–Trinajstić information content (AvgIpc) is 2.07. The minimum atomic E-state index is -4.41. The van der Waals surface area contributed by atoms with Crippen molar-refractivity contribution in [1.82, 2.24) is 5.43 Å². The fraction of sp³-hybridized carbons (Fsp3) is 0.250. The number of hydrogen-bond acceptors (Lipinski definition) is 2. The van der Waals surface area contributed by atoms with E-state index in [0.29, 0.717) is 5.02 Å². The van der Waals surface area contributed by atoms with Crippen molar-refractivity contribution in [3.8, 4) is 0 Å². The Morgan fingerprint density at radius 1 is 1.21 bits per heavy atom. The number of nitrogens with one attached hydrogen (secondary N) is 1. The van der Waals surface area contributed by atoms with Crippen LogP contribution in [0.2, 0.25) is 5.02 Å². The van der Waals surface area contributed by atoms with Crippen LogP contribution in [0.15, 0.2) is 24.3 Å². The lowest BCUT2D eigenvalue weighted by Gasteiger charge is -2.19. The quantitative estimate of drug-likeness (QED) is 0.598. The SMILES string of the molecule is NN[C@H](c1ccc(Cl)cc1)C(F)(F)F. The van der Waals surface area contributed by atoms with Crippen LogP contribution in [0.4, 0.5) is 13.2 Å². The molecule has 14 heavy (non-hydrogen) atoms. The van der Waals surface area contributed by atoms with Gasteiger partial charge in [-0.1, -0.05) is 23.7 Å². The van der Waals surface area contributed by atoms with E-state index in [2.05, 4.69) is 0 Å². The van der Waals surface area contributed by atoms with Gasteiger partial charge in [-0.15, -0.1) is 0 Å². The molecule has 2 nitrogen and oxygen atoms in total. The highest BCUT2D eigenvalue weighted by Gasteiger charge is 2.39. The molecule has 0 saturated heterocycles. The Kier molecular flexibility index (Phi) is 3.36. The number of hydrazine groups is 1. The molecule has 0 saturated carbocycles. The Labute approximate surface area is 83.8 Å². The first-order valence-corrected chi connectivity index (χ1v) is 4.11. The molecule has 78 valence electrons. The summed E-state index contributed by atoms with van der Waals surface area (Å²) < 4.78 is 37.0. The van der Waals surface area contributed by atoms with E-state index in [4.69, 9.17) is 17.4 Å². The molecule has 0 unspecified atom stereocenters. The summed E-state index contributed by atoms with van der Waals surface area (Å²) in [5.74, 6) is 4.83. The molecule has 0 aliphatic carbocycles. The van der Waals surface area contributed by atoms with Gasteiger partial charge in [0.25, 0.3) is 0 Å². The molecule has 0 heterocycles. The van der Waals surface area contributed by atoms with Gasteiger partial charge in [0.05, 0.1) is 0 Å². The minimum absolute atomic E-state index is 0.0319. The van der Waals surface area contributed by atoms with Crippen LogP contribution >= 0.6 is 11.6 Å². The van der Waals surface area contributed by atoms with Gasteiger partial charge >= 0.3 is 6.18 Å². The van der Waals surface area contributed by atoms with Gasteiger partial charge in [0.1, 0.15) is 6.04 Å². The first-order chi connectivity index (χ1) is 6.45. The summed E-state index contributed by atoms with van der Waals surface area (Å²) in [5, 5.41) is 0.381. The number of halogens is 4. The summed E-state index contributed by atoms with van der Waals surface area (Å²) in [6.45, 7) is 0. The van der Waals surface area contributed by atoms with Gasteiger partial charge in [0, 0.05) is 5.02 Å². The van der Waals surface area contributed by atoms with Crippen molar-refractivity contribution in [3.63, 3.8) is 0 Å². The molecule has 6 heteroatoms.